The molecule has 0 aliphatic rings. The molecular weight excluding hydrogens is 238 g/mol. The molecule has 0 unspecified atom stereocenters. The van der Waals surface area contributed by atoms with Crippen LogP contribution in [-0.2, 0) is 0 Å². The number of nitro benzene ring substituents is 1. The molecule has 0 bridgehead atoms. The van der Waals surface area contributed by atoms with Crippen molar-refractivity contribution in [2.24, 2.45) is 5.73 Å². The van der Waals surface area contributed by atoms with Gasteiger partial charge in [-0.05, 0) is 11.6 Å². The maximum atomic E-state index is 12.1. The number of benzene rings is 1. The number of phenols is 2. The SMILES string of the molecule is N[C@H](CC(F)F)c1cc(O)c(O)c([N+](=O)[O-])c1. The minimum Gasteiger partial charge on any atom is -0.504 e. The Labute approximate surface area is 94.4 Å². The van der Waals surface area contributed by atoms with E-state index in [9.17, 15) is 29.1 Å². The van der Waals surface area contributed by atoms with Gasteiger partial charge in [0.15, 0.2) is 5.75 Å². The van der Waals surface area contributed by atoms with Crippen molar-refractivity contribution in [1.82, 2.24) is 0 Å². The van der Waals surface area contributed by atoms with Gasteiger partial charge in [0, 0.05) is 18.5 Å². The molecule has 6 nitrogen and oxygen atoms in total. The van der Waals surface area contributed by atoms with Gasteiger partial charge in [0.25, 0.3) is 0 Å². The smallest absolute Gasteiger partial charge is 0.314 e. The van der Waals surface area contributed by atoms with Crippen LogP contribution in [0.5, 0.6) is 11.5 Å². The van der Waals surface area contributed by atoms with E-state index in [0.717, 1.165) is 12.1 Å². The molecule has 0 aliphatic carbocycles. The number of phenolic OH excluding ortho intramolecular Hbond substituents is 2. The topological polar surface area (TPSA) is 110 Å². The molecule has 0 amide bonds. The van der Waals surface area contributed by atoms with Crippen molar-refractivity contribution in [2.45, 2.75) is 18.9 Å². The average Bonchev–Trinajstić information content (AvgIpc) is 2.20. The maximum Gasteiger partial charge on any atom is 0.314 e. The van der Waals surface area contributed by atoms with Crippen LogP contribution in [0.4, 0.5) is 14.5 Å². The van der Waals surface area contributed by atoms with Crippen molar-refractivity contribution in [1.29, 1.82) is 0 Å². The molecule has 8 heteroatoms. The fourth-order valence-corrected chi connectivity index (χ4v) is 1.31. The summed E-state index contributed by atoms with van der Waals surface area (Å²) in [5.41, 5.74) is 4.58. The van der Waals surface area contributed by atoms with Crippen LogP contribution < -0.4 is 5.73 Å². The molecule has 0 saturated carbocycles. The Morgan fingerprint density at radius 3 is 2.47 bits per heavy atom. The number of hydrogen-bond acceptors (Lipinski definition) is 5. The summed E-state index contributed by atoms with van der Waals surface area (Å²) < 4.78 is 24.2. The molecule has 0 spiro atoms. The van der Waals surface area contributed by atoms with E-state index >= 15 is 0 Å². The lowest BCUT2D eigenvalue weighted by Crippen LogP contribution is -2.14. The summed E-state index contributed by atoms with van der Waals surface area (Å²) in [6.45, 7) is 0. The van der Waals surface area contributed by atoms with Gasteiger partial charge in [0.05, 0.1) is 4.92 Å². The van der Waals surface area contributed by atoms with Crippen LogP contribution in [0.3, 0.4) is 0 Å². The second-order valence-corrected chi connectivity index (χ2v) is 3.40. The minimum absolute atomic E-state index is 0.0349. The number of nitro groups is 1. The highest BCUT2D eigenvalue weighted by molar-refractivity contribution is 5.56. The molecule has 0 heterocycles. The van der Waals surface area contributed by atoms with E-state index in [4.69, 9.17) is 5.73 Å². The number of nitrogens with zero attached hydrogens (tertiary/aromatic N) is 1. The number of hydrogen-bond donors (Lipinski definition) is 3. The molecule has 0 radical (unpaired) electrons. The van der Waals surface area contributed by atoms with Crippen LogP contribution >= 0.6 is 0 Å². The Hall–Kier alpha value is -1.96. The largest absolute Gasteiger partial charge is 0.504 e. The van der Waals surface area contributed by atoms with Crippen molar-refractivity contribution in [2.75, 3.05) is 0 Å². The van der Waals surface area contributed by atoms with E-state index in [1.165, 1.54) is 0 Å². The molecule has 94 valence electrons. The van der Waals surface area contributed by atoms with E-state index in [1.807, 2.05) is 0 Å². The zero-order valence-electron chi connectivity index (χ0n) is 8.51. The first kappa shape index (κ1) is 13.1. The van der Waals surface area contributed by atoms with Gasteiger partial charge in [0.2, 0.25) is 12.2 Å². The summed E-state index contributed by atoms with van der Waals surface area (Å²) in [5, 5.41) is 28.9. The first-order valence-corrected chi connectivity index (χ1v) is 4.57. The Morgan fingerprint density at radius 1 is 1.41 bits per heavy atom. The third-order valence-corrected chi connectivity index (χ3v) is 2.15. The predicted octanol–water partition coefficient (Wildman–Crippen LogP) is 1.66. The summed E-state index contributed by atoms with van der Waals surface area (Å²) in [4.78, 5) is 9.58. The van der Waals surface area contributed by atoms with E-state index in [-0.39, 0.29) is 5.56 Å². The normalized spacial score (nSPS) is 12.7. The summed E-state index contributed by atoms with van der Waals surface area (Å²) in [7, 11) is 0. The van der Waals surface area contributed by atoms with Crippen LogP contribution in [0, 0.1) is 10.1 Å². The lowest BCUT2D eigenvalue weighted by Gasteiger charge is -2.12. The summed E-state index contributed by atoms with van der Waals surface area (Å²) in [6, 6.07) is 0.637. The average molecular weight is 248 g/mol. The molecule has 1 atom stereocenters. The molecule has 17 heavy (non-hydrogen) atoms. The minimum atomic E-state index is -2.67. The van der Waals surface area contributed by atoms with Crippen LogP contribution in [0.2, 0.25) is 0 Å². The predicted molar refractivity (Wildman–Crippen MR) is 54.0 cm³/mol. The standard InChI is InChI=1S/C9H10F2N2O4/c10-8(11)3-5(12)4-1-6(13(16)17)9(15)7(14)2-4/h1-2,5,8,14-15H,3,12H2/t5-/m1/s1. The van der Waals surface area contributed by atoms with Gasteiger partial charge in [-0.25, -0.2) is 8.78 Å². The number of nitrogens with two attached hydrogens (primary N) is 1. The van der Waals surface area contributed by atoms with Gasteiger partial charge in [-0.15, -0.1) is 0 Å². The van der Waals surface area contributed by atoms with Crippen LogP contribution in [-0.4, -0.2) is 21.6 Å². The first-order chi connectivity index (χ1) is 7.82. The molecule has 0 aromatic heterocycles. The molecular formula is C9H10F2N2O4. The van der Waals surface area contributed by atoms with Crippen molar-refractivity contribution in [3.63, 3.8) is 0 Å². The highest BCUT2D eigenvalue weighted by Gasteiger charge is 2.22. The molecule has 0 saturated heterocycles. The Bertz CT molecular complexity index is 439. The number of rotatable bonds is 4. The van der Waals surface area contributed by atoms with E-state index in [0.29, 0.717) is 0 Å². The third-order valence-electron chi connectivity index (χ3n) is 2.15. The third kappa shape index (κ3) is 3.00. The fraction of sp³-hybridized carbons (Fsp3) is 0.333. The number of alkyl halides is 2. The van der Waals surface area contributed by atoms with Crippen molar-refractivity contribution < 1.29 is 23.9 Å². The van der Waals surface area contributed by atoms with Gasteiger partial charge < -0.3 is 15.9 Å². The molecule has 1 aromatic rings. The van der Waals surface area contributed by atoms with Gasteiger partial charge in [-0.2, -0.15) is 0 Å². The van der Waals surface area contributed by atoms with Crippen molar-refractivity contribution in [3.8, 4) is 11.5 Å². The molecule has 1 aromatic carbocycles. The monoisotopic (exact) mass is 248 g/mol. The molecule has 4 N–H and O–H groups in total. The second kappa shape index (κ2) is 4.91. The number of halogens is 2. The molecule has 0 fully saturated rings. The van der Waals surface area contributed by atoms with Gasteiger partial charge in [-0.3, -0.25) is 10.1 Å². The number of aromatic hydroxyl groups is 2. The first-order valence-electron chi connectivity index (χ1n) is 4.57. The Kier molecular flexibility index (Phi) is 3.79. The highest BCUT2D eigenvalue weighted by atomic mass is 19.3. The summed E-state index contributed by atoms with van der Waals surface area (Å²) in [5.74, 6) is -1.68. The maximum absolute atomic E-state index is 12.1. The summed E-state index contributed by atoms with van der Waals surface area (Å²) in [6.07, 6.45) is -3.36. The van der Waals surface area contributed by atoms with Crippen LogP contribution in [0.15, 0.2) is 12.1 Å². The van der Waals surface area contributed by atoms with Gasteiger partial charge in [-0.1, -0.05) is 0 Å². The second-order valence-electron chi connectivity index (χ2n) is 3.40. The Balaban J connectivity index is 3.14. The van der Waals surface area contributed by atoms with Crippen molar-refractivity contribution in [3.05, 3.63) is 27.8 Å². The molecule has 0 aliphatic heterocycles. The quantitative estimate of drug-likeness (QED) is 0.426. The van der Waals surface area contributed by atoms with E-state index in [2.05, 4.69) is 0 Å². The van der Waals surface area contributed by atoms with E-state index < -0.39 is 41.0 Å². The van der Waals surface area contributed by atoms with Gasteiger partial charge >= 0.3 is 5.69 Å². The lowest BCUT2D eigenvalue weighted by molar-refractivity contribution is -0.386. The van der Waals surface area contributed by atoms with Crippen LogP contribution in [0.25, 0.3) is 0 Å². The Morgan fingerprint density at radius 2 is 2.00 bits per heavy atom. The van der Waals surface area contributed by atoms with Crippen LogP contribution in [0.1, 0.15) is 18.0 Å². The van der Waals surface area contributed by atoms with Gasteiger partial charge in [0.1, 0.15) is 0 Å². The lowest BCUT2D eigenvalue weighted by atomic mass is 10.0. The zero-order valence-corrected chi connectivity index (χ0v) is 8.51. The summed E-state index contributed by atoms with van der Waals surface area (Å²) >= 11 is 0. The highest BCUT2D eigenvalue weighted by Crippen LogP contribution is 2.38. The zero-order chi connectivity index (χ0) is 13.2. The fourth-order valence-electron chi connectivity index (χ4n) is 1.31. The van der Waals surface area contributed by atoms with E-state index in [1.54, 1.807) is 0 Å². The molecule has 1 rings (SSSR count). The van der Waals surface area contributed by atoms with Crippen molar-refractivity contribution >= 4 is 5.69 Å².